The van der Waals surface area contributed by atoms with Crippen LogP contribution in [0.25, 0.3) is 10.2 Å². The highest BCUT2D eigenvalue weighted by molar-refractivity contribution is 7.20. The molecule has 1 amide bonds. The van der Waals surface area contributed by atoms with Crippen LogP contribution in [0.5, 0.6) is 5.75 Å². The Kier molecular flexibility index (Phi) is 4.23. The van der Waals surface area contributed by atoms with Gasteiger partial charge in [-0.15, -0.1) is 11.3 Å². The van der Waals surface area contributed by atoms with Crippen molar-refractivity contribution in [1.82, 2.24) is 9.78 Å². The largest absolute Gasteiger partial charge is 0.497 e. The zero-order valence-electron chi connectivity index (χ0n) is 15.5. The van der Waals surface area contributed by atoms with Crippen LogP contribution in [0.3, 0.4) is 0 Å². The maximum Gasteiger partial charge on any atom is 0.268 e. The average Bonchev–Trinajstić information content (AvgIpc) is 3.33. The number of aryl methyl sites for hydroxylation is 2. The Labute approximate surface area is 157 Å². The highest BCUT2D eigenvalue weighted by Crippen LogP contribution is 2.39. The number of methoxy groups -OCH3 is 1. The number of rotatable bonds is 5. The van der Waals surface area contributed by atoms with E-state index in [2.05, 4.69) is 12.0 Å². The van der Waals surface area contributed by atoms with Crippen LogP contribution in [-0.4, -0.2) is 28.8 Å². The fourth-order valence-corrected chi connectivity index (χ4v) is 4.56. The third kappa shape index (κ3) is 2.88. The molecule has 0 spiro atoms. The molecule has 0 aliphatic heterocycles. The topological polar surface area (TPSA) is 47.4 Å². The molecule has 2 aromatic heterocycles. The molecule has 4 rings (SSSR count). The van der Waals surface area contributed by atoms with Crippen molar-refractivity contribution < 1.29 is 9.53 Å². The summed E-state index contributed by atoms with van der Waals surface area (Å²) in [4.78, 5) is 17.2. The lowest BCUT2D eigenvalue weighted by atomic mass is 10.1. The van der Waals surface area contributed by atoms with Gasteiger partial charge in [0.15, 0.2) is 0 Å². The molecule has 1 atom stereocenters. The number of benzene rings is 1. The van der Waals surface area contributed by atoms with Crippen molar-refractivity contribution in [3.8, 4) is 5.75 Å². The SMILES string of the molecule is COc1ccc(N(C(=O)c2cc3c(C)nn(C)c3s2)[C@@H](C)C2CC2)cc1. The van der Waals surface area contributed by atoms with Gasteiger partial charge < -0.3 is 9.64 Å². The van der Waals surface area contributed by atoms with E-state index in [-0.39, 0.29) is 11.9 Å². The molecule has 3 aromatic rings. The predicted octanol–water partition coefficient (Wildman–Crippen LogP) is 4.40. The van der Waals surface area contributed by atoms with Crippen molar-refractivity contribution in [1.29, 1.82) is 0 Å². The molecule has 0 bridgehead atoms. The number of hydrogen-bond donors (Lipinski definition) is 0. The van der Waals surface area contributed by atoms with Gasteiger partial charge in [-0.25, -0.2) is 0 Å². The lowest BCUT2D eigenvalue weighted by molar-refractivity contribution is 0.0979. The number of hydrogen-bond acceptors (Lipinski definition) is 4. The van der Waals surface area contributed by atoms with Crippen LogP contribution in [0.1, 0.15) is 35.1 Å². The Hall–Kier alpha value is -2.34. The molecule has 6 heteroatoms. The molecule has 0 radical (unpaired) electrons. The standard InChI is InChI=1S/C20H23N3O2S/c1-12-17-11-18(26-20(17)22(3)21-12)19(24)23(13(2)14-5-6-14)15-7-9-16(25-4)10-8-15/h7-11,13-14H,5-6H2,1-4H3/t13-/m0/s1. The molecule has 0 saturated heterocycles. The second-order valence-corrected chi connectivity index (χ2v) is 8.02. The normalized spacial score (nSPS) is 15.2. The van der Waals surface area contributed by atoms with Gasteiger partial charge in [-0.2, -0.15) is 5.10 Å². The Bertz CT molecular complexity index is 919. The predicted molar refractivity (Wildman–Crippen MR) is 105 cm³/mol. The highest BCUT2D eigenvalue weighted by Gasteiger charge is 2.36. The van der Waals surface area contributed by atoms with E-state index < -0.39 is 0 Å². The van der Waals surface area contributed by atoms with Crippen molar-refractivity contribution >= 4 is 33.1 Å². The molecule has 26 heavy (non-hydrogen) atoms. The minimum absolute atomic E-state index is 0.0650. The van der Waals surface area contributed by atoms with Gasteiger partial charge in [-0.1, -0.05) is 0 Å². The van der Waals surface area contributed by atoms with Crippen LogP contribution >= 0.6 is 11.3 Å². The molecule has 0 unspecified atom stereocenters. The van der Waals surface area contributed by atoms with Crippen LogP contribution in [0.4, 0.5) is 5.69 Å². The van der Waals surface area contributed by atoms with E-state index in [0.717, 1.165) is 32.2 Å². The average molecular weight is 369 g/mol. The molecule has 1 fully saturated rings. The Balaban J connectivity index is 1.73. The van der Waals surface area contributed by atoms with Crippen LogP contribution in [-0.2, 0) is 7.05 Å². The maximum absolute atomic E-state index is 13.4. The summed E-state index contributed by atoms with van der Waals surface area (Å²) in [6.07, 6.45) is 2.38. The van der Waals surface area contributed by atoms with Gasteiger partial charge in [-0.3, -0.25) is 9.48 Å². The lowest BCUT2D eigenvalue weighted by Gasteiger charge is -2.29. The fourth-order valence-electron chi connectivity index (χ4n) is 3.50. The van der Waals surface area contributed by atoms with Crippen molar-refractivity contribution in [2.45, 2.75) is 32.7 Å². The number of thiophene rings is 1. The molecule has 2 heterocycles. The van der Waals surface area contributed by atoms with Crippen LogP contribution in [0, 0.1) is 12.8 Å². The number of amides is 1. The number of carbonyl (C=O) groups is 1. The number of aromatic nitrogens is 2. The molecule has 1 aliphatic carbocycles. The van der Waals surface area contributed by atoms with Crippen molar-refractivity contribution in [2.75, 3.05) is 12.0 Å². The minimum atomic E-state index is 0.0650. The second-order valence-electron chi connectivity index (χ2n) is 6.99. The first-order valence-electron chi connectivity index (χ1n) is 8.90. The lowest BCUT2D eigenvalue weighted by Crippen LogP contribution is -2.39. The summed E-state index contributed by atoms with van der Waals surface area (Å²) in [5, 5.41) is 5.50. The van der Waals surface area contributed by atoms with E-state index in [1.165, 1.54) is 24.2 Å². The third-order valence-corrected chi connectivity index (χ3v) is 6.38. The summed E-state index contributed by atoms with van der Waals surface area (Å²) < 4.78 is 7.11. The van der Waals surface area contributed by atoms with E-state index in [0.29, 0.717) is 5.92 Å². The van der Waals surface area contributed by atoms with E-state index >= 15 is 0 Å². The van der Waals surface area contributed by atoms with Gasteiger partial charge in [0.1, 0.15) is 10.6 Å². The van der Waals surface area contributed by atoms with Crippen molar-refractivity contribution in [3.63, 3.8) is 0 Å². The monoisotopic (exact) mass is 369 g/mol. The molecular formula is C20H23N3O2S. The first kappa shape index (κ1) is 17.1. The summed E-state index contributed by atoms with van der Waals surface area (Å²) in [6, 6.07) is 9.93. The van der Waals surface area contributed by atoms with Crippen molar-refractivity contribution in [3.05, 3.63) is 40.9 Å². The number of carbonyl (C=O) groups excluding carboxylic acids is 1. The maximum atomic E-state index is 13.4. The number of ether oxygens (including phenoxy) is 1. The summed E-state index contributed by atoms with van der Waals surface area (Å²) in [5.41, 5.74) is 1.88. The summed E-state index contributed by atoms with van der Waals surface area (Å²) in [5.74, 6) is 1.44. The van der Waals surface area contributed by atoms with Gasteiger partial charge in [0.2, 0.25) is 0 Å². The smallest absolute Gasteiger partial charge is 0.268 e. The van der Waals surface area contributed by atoms with E-state index in [4.69, 9.17) is 4.74 Å². The Morgan fingerprint density at radius 1 is 1.35 bits per heavy atom. The molecule has 1 saturated carbocycles. The summed E-state index contributed by atoms with van der Waals surface area (Å²) >= 11 is 1.52. The first-order chi connectivity index (χ1) is 12.5. The second kappa shape index (κ2) is 6.43. The molecule has 136 valence electrons. The van der Waals surface area contributed by atoms with Crippen LogP contribution in [0.15, 0.2) is 30.3 Å². The molecule has 1 aliphatic rings. The zero-order chi connectivity index (χ0) is 18.4. The quantitative estimate of drug-likeness (QED) is 0.670. The third-order valence-electron chi connectivity index (χ3n) is 5.19. The first-order valence-corrected chi connectivity index (χ1v) is 9.72. The van der Waals surface area contributed by atoms with Gasteiger partial charge in [0, 0.05) is 24.2 Å². The fraction of sp³-hybridized carbons (Fsp3) is 0.400. The Morgan fingerprint density at radius 2 is 2.04 bits per heavy atom. The van der Waals surface area contributed by atoms with Crippen LogP contribution in [0.2, 0.25) is 0 Å². The zero-order valence-corrected chi connectivity index (χ0v) is 16.3. The van der Waals surface area contributed by atoms with Gasteiger partial charge in [0.05, 0.1) is 17.7 Å². The number of nitrogens with zero attached hydrogens (tertiary/aromatic N) is 3. The van der Waals surface area contributed by atoms with Crippen LogP contribution < -0.4 is 9.64 Å². The van der Waals surface area contributed by atoms with Gasteiger partial charge in [-0.05, 0) is 62.9 Å². The highest BCUT2D eigenvalue weighted by atomic mass is 32.1. The summed E-state index contributed by atoms with van der Waals surface area (Å²) in [6.45, 7) is 4.14. The van der Waals surface area contributed by atoms with E-state index in [9.17, 15) is 4.79 Å². The van der Waals surface area contributed by atoms with Gasteiger partial charge >= 0.3 is 0 Å². The summed E-state index contributed by atoms with van der Waals surface area (Å²) in [7, 11) is 3.58. The molecule has 1 aromatic carbocycles. The Morgan fingerprint density at radius 3 is 2.62 bits per heavy atom. The van der Waals surface area contributed by atoms with Crippen molar-refractivity contribution in [2.24, 2.45) is 13.0 Å². The minimum Gasteiger partial charge on any atom is -0.497 e. The molecule has 0 N–H and O–H groups in total. The molecule has 5 nitrogen and oxygen atoms in total. The van der Waals surface area contributed by atoms with Gasteiger partial charge in [0.25, 0.3) is 5.91 Å². The molecular weight excluding hydrogens is 346 g/mol. The van der Waals surface area contributed by atoms with E-state index in [1.807, 2.05) is 53.9 Å². The van der Waals surface area contributed by atoms with E-state index in [1.54, 1.807) is 7.11 Å². The number of anilines is 1. The number of fused-ring (bicyclic) bond motifs is 1.